The number of rotatable bonds is 6. The number of morpholine rings is 1. The Morgan fingerprint density at radius 3 is 2.27 bits per heavy atom. The third kappa shape index (κ3) is 5.21. The van der Waals surface area contributed by atoms with Gasteiger partial charge in [-0.2, -0.15) is 0 Å². The maximum atomic E-state index is 6.00. The zero-order chi connectivity index (χ0) is 20.6. The van der Waals surface area contributed by atoms with Gasteiger partial charge in [0.1, 0.15) is 6.10 Å². The monoisotopic (exact) mass is 407 g/mol. The normalized spacial score (nSPS) is 22.5. The van der Waals surface area contributed by atoms with Crippen LogP contribution < -0.4 is 5.32 Å². The number of guanidine groups is 1. The Labute approximate surface area is 180 Å². The second kappa shape index (κ2) is 10.6. The Morgan fingerprint density at radius 1 is 1.00 bits per heavy atom. The molecule has 2 atom stereocenters. The van der Waals surface area contributed by atoms with Gasteiger partial charge in [-0.05, 0) is 30.4 Å². The molecule has 2 unspecified atom stereocenters. The lowest BCUT2D eigenvalue weighted by atomic mass is 9.88. The number of ether oxygens (including phenoxy) is 2. The summed E-state index contributed by atoms with van der Waals surface area (Å²) < 4.78 is 11.8. The van der Waals surface area contributed by atoms with Gasteiger partial charge >= 0.3 is 0 Å². The van der Waals surface area contributed by atoms with Crippen molar-refractivity contribution < 1.29 is 9.47 Å². The lowest BCUT2D eigenvalue weighted by Gasteiger charge is -2.37. The Bertz CT molecular complexity index is 751. The molecule has 2 fully saturated rings. The summed E-state index contributed by atoms with van der Waals surface area (Å²) in [5.41, 5.74) is 2.70. The maximum absolute atomic E-state index is 6.00. The number of nitrogens with zero attached hydrogens (tertiary/aromatic N) is 2. The molecule has 0 aromatic heterocycles. The average Bonchev–Trinajstić information content (AvgIpc) is 3.36. The highest BCUT2D eigenvalue weighted by Crippen LogP contribution is 2.27. The van der Waals surface area contributed by atoms with Crippen molar-refractivity contribution in [3.63, 3.8) is 0 Å². The van der Waals surface area contributed by atoms with Gasteiger partial charge in [-0.15, -0.1) is 0 Å². The fourth-order valence-electron chi connectivity index (χ4n) is 4.55. The molecule has 5 heteroatoms. The van der Waals surface area contributed by atoms with Crippen LogP contribution in [0.25, 0.3) is 0 Å². The molecule has 0 bridgehead atoms. The van der Waals surface area contributed by atoms with E-state index >= 15 is 0 Å². The lowest BCUT2D eigenvalue weighted by molar-refractivity contribution is -0.0816. The molecule has 160 valence electrons. The van der Waals surface area contributed by atoms with Crippen molar-refractivity contribution in [1.29, 1.82) is 0 Å². The Hall–Kier alpha value is -2.37. The molecular formula is C25H33N3O2. The number of aliphatic imine (C=N–C) groups is 1. The molecule has 1 N–H and O–H groups in total. The molecule has 2 aliphatic heterocycles. The first-order valence-electron chi connectivity index (χ1n) is 11.1. The van der Waals surface area contributed by atoms with Gasteiger partial charge in [-0.3, -0.25) is 4.99 Å². The second-order valence-electron chi connectivity index (χ2n) is 8.04. The molecule has 0 saturated carbocycles. The Kier molecular flexibility index (Phi) is 7.38. The summed E-state index contributed by atoms with van der Waals surface area (Å²) in [5, 5.41) is 3.60. The third-order valence-corrected chi connectivity index (χ3v) is 6.10. The molecule has 2 heterocycles. The van der Waals surface area contributed by atoms with Gasteiger partial charge in [0.05, 0.1) is 12.7 Å². The number of hydrogen-bond donors (Lipinski definition) is 1. The van der Waals surface area contributed by atoms with Gasteiger partial charge in [0, 0.05) is 39.2 Å². The summed E-state index contributed by atoms with van der Waals surface area (Å²) in [7, 11) is 1.87. The predicted molar refractivity (Wildman–Crippen MR) is 121 cm³/mol. The van der Waals surface area contributed by atoms with E-state index in [1.165, 1.54) is 11.1 Å². The minimum atomic E-state index is 0.140. The standard InChI is InChI=1S/C25H33N3O2/c1-26-25(28-16-18-30-24(19-28)23-13-8-17-29-23)27-15-14-22(20-9-4-2-5-10-20)21-11-6-3-7-12-21/h2-7,9-12,22-24H,8,13-19H2,1H3,(H,26,27). The summed E-state index contributed by atoms with van der Waals surface area (Å²) in [6.45, 7) is 4.15. The summed E-state index contributed by atoms with van der Waals surface area (Å²) in [5.74, 6) is 1.32. The minimum Gasteiger partial charge on any atom is -0.375 e. The number of nitrogens with one attached hydrogen (secondary N) is 1. The van der Waals surface area contributed by atoms with Crippen LogP contribution in [0, 0.1) is 0 Å². The van der Waals surface area contributed by atoms with Gasteiger partial charge in [0.25, 0.3) is 0 Å². The van der Waals surface area contributed by atoms with Crippen molar-refractivity contribution in [1.82, 2.24) is 10.2 Å². The van der Waals surface area contributed by atoms with E-state index in [9.17, 15) is 0 Å². The molecule has 2 aliphatic rings. The summed E-state index contributed by atoms with van der Waals surface area (Å²) in [4.78, 5) is 6.87. The highest BCUT2D eigenvalue weighted by molar-refractivity contribution is 5.80. The van der Waals surface area contributed by atoms with E-state index < -0.39 is 0 Å². The molecule has 0 spiro atoms. The van der Waals surface area contributed by atoms with E-state index in [4.69, 9.17) is 9.47 Å². The van der Waals surface area contributed by atoms with Crippen LogP contribution in [0.4, 0.5) is 0 Å². The Balaban J connectivity index is 1.37. The first kappa shape index (κ1) is 20.9. The molecular weight excluding hydrogens is 374 g/mol. The molecule has 0 amide bonds. The van der Waals surface area contributed by atoms with Gasteiger partial charge < -0.3 is 19.7 Å². The Morgan fingerprint density at radius 2 is 1.67 bits per heavy atom. The van der Waals surface area contributed by atoms with E-state index in [1.54, 1.807) is 0 Å². The van der Waals surface area contributed by atoms with E-state index in [1.807, 2.05) is 7.05 Å². The van der Waals surface area contributed by atoms with E-state index in [-0.39, 0.29) is 12.2 Å². The van der Waals surface area contributed by atoms with Crippen LogP contribution in [0.15, 0.2) is 65.7 Å². The highest BCUT2D eigenvalue weighted by Gasteiger charge is 2.32. The molecule has 30 heavy (non-hydrogen) atoms. The van der Waals surface area contributed by atoms with Crippen LogP contribution in [0.3, 0.4) is 0 Å². The van der Waals surface area contributed by atoms with Crippen molar-refractivity contribution in [2.24, 2.45) is 4.99 Å². The first-order chi connectivity index (χ1) is 14.8. The van der Waals surface area contributed by atoms with Gasteiger partial charge in [-0.1, -0.05) is 60.7 Å². The van der Waals surface area contributed by atoms with Crippen LogP contribution in [0.5, 0.6) is 0 Å². The van der Waals surface area contributed by atoms with E-state index in [0.29, 0.717) is 5.92 Å². The van der Waals surface area contributed by atoms with Gasteiger partial charge in [0.2, 0.25) is 0 Å². The SMILES string of the molecule is CN=C(NCCC(c1ccccc1)c1ccccc1)N1CCOC(C2CCCO2)C1. The quantitative estimate of drug-likeness (QED) is 0.586. The largest absolute Gasteiger partial charge is 0.375 e. The first-order valence-corrected chi connectivity index (χ1v) is 11.1. The minimum absolute atomic E-state index is 0.140. The van der Waals surface area contributed by atoms with Crippen LogP contribution in [0.1, 0.15) is 36.3 Å². The van der Waals surface area contributed by atoms with Crippen LogP contribution in [-0.4, -0.2) is 63.0 Å². The van der Waals surface area contributed by atoms with Crippen LogP contribution in [-0.2, 0) is 9.47 Å². The third-order valence-electron chi connectivity index (χ3n) is 6.10. The number of hydrogen-bond acceptors (Lipinski definition) is 3. The molecule has 0 radical (unpaired) electrons. The average molecular weight is 408 g/mol. The summed E-state index contributed by atoms with van der Waals surface area (Å²) >= 11 is 0. The maximum Gasteiger partial charge on any atom is 0.193 e. The molecule has 2 aromatic carbocycles. The van der Waals surface area contributed by atoms with Crippen molar-refractivity contribution >= 4 is 5.96 Å². The predicted octanol–water partition coefficient (Wildman–Crippen LogP) is 3.66. The van der Waals surface area contributed by atoms with Crippen molar-refractivity contribution in [2.45, 2.75) is 37.4 Å². The topological polar surface area (TPSA) is 46.1 Å². The smallest absolute Gasteiger partial charge is 0.193 e. The zero-order valence-electron chi connectivity index (χ0n) is 17.9. The van der Waals surface area contributed by atoms with Crippen molar-refractivity contribution in [3.05, 3.63) is 71.8 Å². The van der Waals surface area contributed by atoms with E-state index in [0.717, 1.165) is 58.1 Å². The molecule has 5 nitrogen and oxygen atoms in total. The number of benzene rings is 2. The van der Waals surface area contributed by atoms with Gasteiger partial charge in [0.15, 0.2) is 5.96 Å². The van der Waals surface area contributed by atoms with Crippen molar-refractivity contribution in [3.8, 4) is 0 Å². The fourth-order valence-corrected chi connectivity index (χ4v) is 4.55. The lowest BCUT2D eigenvalue weighted by Crippen LogP contribution is -2.53. The molecule has 4 rings (SSSR count). The zero-order valence-corrected chi connectivity index (χ0v) is 17.9. The summed E-state index contributed by atoms with van der Waals surface area (Å²) in [6, 6.07) is 21.5. The molecule has 2 aromatic rings. The molecule has 0 aliphatic carbocycles. The molecule has 2 saturated heterocycles. The van der Waals surface area contributed by atoms with Crippen LogP contribution >= 0.6 is 0 Å². The second-order valence-corrected chi connectivity index (χ2v) is 8.04. The van der Waals surface area contributed by atoms with Gasteiger partial charge in [-0.25, -0.2) is 0 Å². The fraction of sp³-hybridized carbons (Fsp3) is 0.480. The van der Waals surface area contributed by atoms with Crippen LogP contribution in [0.2, 0.25) is 0 Å². The van der Waals surface area contributed by atoms with E-state index in [2.05, 4.69) is 75.9 Å². The highest BCUT2D eigenvalue weighted by atomic mass is 16.5. The van der Waals surface area contributed by atoms with Crippen molar-refractivity contribution in [2.75, 3.05) is 39.9 Å². The summed E-state index contributed by atoms with van der Waals surface area (Å²) in [6.07, 6.45) is 3.61.